The summed E-state index contributed by atoms with van der Waals surface area (Å²) in [6.07, 6.45) is 0. The molecule has 0 atom stereocenters. The number of rotatable bonds is 6. The van der Waals surface area contributed by atoms with Gasteiger partial charge in [-0.05, 0) is 23.8 Å². The summed E-state index contributed by atoms with van der Waals surface area (Å²) in [5.41, 5.74) is -0.840. The molecule has 3 N–H and O–H groups in total. The maximum atomic E-state index is 13.9. The van der Waals surface area contributed by atoms with E-state index in [0.717, 1.165) is 6.07 Å². The zero-order chi connectivity index (χ0) is 20.9. The van der Waals surface area contributed by atoms with Gasteiger partial charge in [-0.25, -0.2) is 22.4 Å². The molecule has 0 radical (unpaired) electrons. The zero-order valence-electron chi connectivity index (χ0n) is 15.2. The van der Waals surface area contributed by atoms with E-state index in [2.05, 4.69) is 10.6 Å². The largest absolute Gasteiger partial charge is 0.337 e. The number of amides is 3. The third-order valence-corrected chi connectivity index (χ3v) is 4.01. The Morgan fingerprint density at radius 1 is 0.893 bits per heavy atom. The van der Waals surface area contributed by atoms with Gasteiger partial charge in [-0.3, -0.25) is 4.79 Å². The van der Waals surface area contributed by atoms with Crippen molar-refractivity contribution in [1.82, 2.24) is 10.6 Å². The van der Waals surface area contributed by atoms with Crippen LogP contribution < -0.4 is 16.0 Å². The van der Waals surface area contributed by atoms with Crippen molar-refractivity contribution in [2.75, 3.05) is 18.4 Å². The monoisotopic (exact) mass is 397 g/mol. The Bertz CT molecular complexity index is 887. The summed E-state index contributed by atoms with van der Waals surface area (Å²) in [7, 11) is 0. The molecule has 0 aliphatic heterocycles. The Morgan fingerprint density at radius 3 is 2.25 bits per heavy atom. The number of anilines is 1. The van der Waals surface area contributed by atoms with Crippen molar-refractivity contribution in [2.24, 2.45) is 0 Å². The molecule has 2 aromatic carbocycles. The summed E-state index contributed by atoms with van der Waals surface area (Å²) >= 11 is 0. The Labute approximate surface area is 159 Å². The standard InChI is InChI=1S/C19H19F4N3O2/c1-19(2,11-5-3-4-6-12(11)20)10-25-18(28)24-9-15(27)26-14-8-7-13(21)16(22)17(14)23/h3-8H,9-10H2,1-2H3,(H,26,27)(H2,24,25,28). The number of carbonyl (C=O) groups excluding carboxylic acids is 2. The van der Waals surface area contributed by atoms with Gasteiger partial charge in [0.05, 0.1) is 12.2 Å². The fourth-order valence-corrected chi connectivity index (χ4v) is 2.45. The van der Waals surface area contributed by atoms with E-state index in [1.54, 1.807) is 32.0 Å². The van der Waals surface area contributed by atoms with Crippen molar-refractivity contribution in [1.29, 1.82) is 0 Å². The average molecular weight is 397 g/mol. The lowest BCUT2D eigenvalue weighted by Gasteiger charge is -2.26. The molecule has 2 rings (SSSR count). The maximum absolute atomic E-state index is 13.9. The first-order chi connectivity index (χ1) is 13.1. The fraction of sp³-hybridized carbons (Fsp3) is 0.263. The first-order valence-electron chi connectivity index (χ1n) is 8.32. The van der Waals surface area contributed by atoms with Crippen LogP contribution in [0.15, 0.2) is 36.4 Å². The van der Waals surface area contributed by atoms with Gasteiger partial charge in [-0.15, -0.1) is 0 Å². The van der Waals surface area contributed by atoms with Crippen molar-refractivity contribution < 1.29 is 27.2 Å². The van der Waals surface area contributed by atoms with Gasteiger partial charge in [-0.2, -0.15) is 0 Å². The van der Waals surface area contributed by atoms with Crippen LogP contribution >= 0.6 is 0 Å². The summed E-state index contributed by atoms with van der Waals surface area (Å²) < 4.78 is 53.4. The molecule has 0 aliphatic rings. The van der Waals surface area contributed by atoms with Crippen LogP contribution in [0, 0.1) is 23.3 Å². The van der Waals surface area contributed by atoms with Crippen LogP contribution in [-0.4, -0.2) is 25.0 Å². The number of hydrogen-bond acceptors (Lipinski definition) is 2. The Hall–Kier alpha value is -3.10. The molecule has 3 amide bonds. The molecule has 5 nitrogen and oxygen atoms in total. The minimum absolute atomic E-state index is 0.0825. The molecule has 9 heteroatoms. The van der Waals surface area contributed by atoms with E-state index < -0.39 is 52.9 Å². The summed E-state index contributed by atoms with van der Waals surface area (Å²) in [6.45, 7) is 3.03. The molecule has 0 saturated heterocycles. The number of benzene rings is 2. The van der Waals surface area contributed by atoms with Crippen molar-refractivity contribution in [3.8, 4) is 0 Å². The molecule has 0 heterocycles. The van der Waals surface area contributed by atoms with Gasteiger partial charge < -0.3 is 16.0 Å². The number of halogens is 4. The van der Waals surface area contributed by atoms with E-state index in [-0.39, 0.29) is 6.54 Å². The van der Waals surface area contributed by atoms with E-state index in [1.165, 1.54) is 6.07 Å². The second-order valence-electron chi connectivity index (χ2n) is 6.67. The van der Waals surface area contributed by atoms with Crippen molar-refractivity contribution in [2.45, 2.75) is 19.3 Å². The summed E-state index contributed by atoms with van der Waals surface area (Å²) in [6, 6.07) is 7.00. The molecule has 2 aromatic rings. The summed E-state index contributed by atoms with van der Waals surface area (Å²) in [5, 5.41) is 6.78. The maximum Gasteiger partial charge on any atom is 0.315 e. The highest BCUT2D eigenvalue weighted by atomic mass is 19.2. The van der Waals surface area contributed by atoms with Crippen LogP contribution in [0.25, 0.3) is 0 Å². The lowest BCUT2D eigenvalue weighted by molar-refractivity contribution is -0.115. The summed E-state index contributed by atoms with van der Waals surface area (Å²) in [4.78, 5) is 23.6. The molecule has 0 fully saturated rings. The smallest absolute Gasteiger partial charge is 0.315 e. The number of urea groups is 1. The molecule has 150 valence electrons. The Balaban J connectivity index is 1.85. The highest BCUT2D eigenvalue weighted by molar-refractivity contribution is 5.94. The fourth-order valence-electron chi connectivity index (χ4n) is 2.45. The molecule has 28 heavy (non-hydrogen) atoms. The van der Waals surface area contributed by atoms with Gasteiger partial charge in [0.2, 0.25) is 5.91 Å². The normalized spacial score (nSPS) is 11.1. The lowest BCUT2D eigenvalue weighted by atomic mass is 9.84. The van der Waals surface area contributed by atoms with Gasteiger partial charge in [0, 0.05) is 12.0 Å². The Kier molecular flexibility index (Phi) is 6.61. The van der Waals surface area contributed by atoms with E-state index in [0.29, 0.717) is 11.6 Å². The highest BCUT2D eigenvalue weighted by Crippen LogP contribution is 2.24. The molecule has 0 saturated carbocycles. The van der Waals surface area contributed by atoms with Crippen LogP contribution in [0.1, 0.15) is 19.4 Å². The van der Waals surface area contributed by atoms with Gasteiger partial charge in [0.25, 0.3) is 0 Å². The van der Waals surface area contributed by atoms with E-state index in [4.69, 9.17) is 0 Å². The van der Waals surface area contributed by atoms with Crippen LogP contribution in [0.2, 0.25) is 0 Å². The van der Waals surface area contributed by atoms with Crippen LogP contribution in [0.3, 0.4) is 0 Å². The van der Waals surface area contributed by atoms with Crippen molar-refractivity contribution >= 4 is 17.6 Å². The third-order valence-electron chi connectivity index (χ3n) is 4.01. The van der Waals surface area contributed by atoms with Gasteiger partial charge in [-0.1, -0.05) is 32.0 Å². The second kappa shape index (κ2) is 8.73. The zero-order valence-corrected chi connectivity index (χ0v) is 15.2. The van der Waals surface area contributed by atoms with Gasteiger partial charge in [0.1, 0.15) is 5.82 Å². The van der Waals surface area contributed by atoms with Crippen LogP contribution in [-0.2, 0) is 10.2 Å². The first-order valence-corrected chi connectivity index (χ1v) is 8.32. The highest BCUT2D eigenvalue weighted by Gasteiger charge is 2.24. The SMILES string of the molecule is CC(C)(CNC(=O)NCC(=O)Nc1ccc(F)c(F)c1F)c1ccccc1F. The molecular formula is C19H19F4N3O2. The van der Waals surface area contributed by atoms with E-state index in [1.807, 2.05) is 5.32 Å². The molecule has 0 unspecified atom stereocenters. The number of nitrogens with one attached hydrogen (secondary N) is 3. The minimum atomic E-state index is -1.71. The molecule has 0 spiro atoms. The average Bonchev–Trinajstić information content (AvgIpc) is 2.65. The lowest BCUT2D eigenvalue weighted by Crippen LogP contribution is -2.44. The van der Waals surface area contributed by atoms with Crippen molar-refractivity contribution in [3.05, 3.63) is 65.2 Å². The van der Waals surface area contributed by atoms with Crippen LogP contribution in [0.4, 0.5) is 28.0 Å². The second-order valence-corrected chi connectivity index (χ2v) is 6.67. The predicted octanol–water partition coefficient (Wildman–Crippen LogP) is 3.46. The Morgan fingerprint density at radius 2 is 1.57 bits per heavy atom. The van der Waals surface area contributed by atoms with Gasteiger partial charge in [0.15, 0.2) is 17.5 Å². The van der Waals surface area contributed by atoms with Crippen molar-refractivity contribution in [3.63, 3.8) is 0 Å². The van der Waals surface area contributed by atoms with Gasteiger partial charge >= 0.3 is 6.03 Å². The predicted molar refractivity (Wildman–Crippen MR) is 95.8 cm³/mol. The number of carbonyl (C=O) groups is 2. The number of hydrogen-bond donors (Lipinski definition) is 3. The first kappa shape index (κ1) is 21.2. The topological polar surface area (TPSA) is 70.2 Å². The molecule has 0 aromatic heterocycles. The molecule has 0 bridgehead atoms. The van der Waals surface area contributed by atoms with Crippen LogP contribution in [0.5, 0.6) is 0 Å². The quantitative estimate of drug-likeness (QED) is 0.516. The molecular weight excluding hydrogens is 378 g/mol. The molecule has 0 aliphatic carbocycles. The summed E-state index contributed by atoms with van der Waals surface area (Å²) in [5.74, 6) is -5.87. The van der Waals surface area contributed by atoms with E-state index >= 15 is 0 Å². The van der Waals surface area contributed by atoms with E-state index in [9.17, 15) is 27.2 Å². The third kappa shape index (κ3) is 5.21. The minimum Gasteiger partial charge on any atom is -0.337 e.